The first-order valence-electron chi connectivity index (χ1n) is 4.23. The molecular weight excluding hydrogens is 152 g/mol. The van der Waals surface area contributed by atoms with Crippen molar-refractivity contribution in [3.8, 4) is 0 Å². The van der Waals surface area contributed by atoms with Gasteiger partial charge in [0.05, 0.1) is 6.04 Å². The average Bonchev–Trinajstić information content (AvgIpc) is 2.50. The highest BCUT2D eigenvalue weighted by atomic mass is 15.4. The van der Waals surface area contributed by atoms with Gasteiger partial charge < -0.3 is 5.32 Å². The van der Waals surface area contributed by atoms with Gasteiger partial charge in [0.25, 0.3) is 0 Å². The fourth-order valence-corrected chi connectivity index (χ4v) is 1.10. The van der Waals surface area contributed by atoms with Crippen LogP contribution in [0.15, 0.2) is 6.33 Å². The highest BCUT2D eigenvalue weighted by Gasteiger charge is 2.12. The molecule has 4 heteroatoms. The number of aromatic nitrogens is 3. The minimum Gasteiger partial charge on any atom is -0.311 e. The Labute approximate surface area is 73.0 Å². The first-order chi connectivity index (χ1) is 5.66. The SMILES string of the molecule is CNC(C)c1ncnn1C(C)C. The van der Waals surface area contributed by atoms with Gasteiger partial charge >= 0.3 is 0 Å². The molecule has 0 spiro atoms. The van der Waals surface area contributed by atoms with Crippen LogP contribution in [0, 0.1) is 0 Å². The van der Waals surface area contributed by atoms with Crippen molar-refractivity contribution < 1.29 is 0 Å². The van der Waals surface area contributed by atoms with Gasteiger partial charge in [0.2, 0.25) is 0 Å². The van der Waals surface area contributed by atoms with Gasteiger partial charge in [0, 0.05) is 6.04 Å². The van der Waals surface area contributed by atoms with E-state index in [1.165, 1.54) is 0 Å². The van der Waals surface area contributed by atoms with E-state index in [-0.39, 0.29) is 6.04 Å². The molecular formula is C8H16N4. The smallest absolute Gasteiger partial charge is 0.143 e. The zero-order valence-corrected chi connectivity index (χ0v) is 8.07. The first-order valence-corrected chi connectivity index (χ1v) is 4.23. The third-order valence-electron chi connectivity index (χ3n) is 1.91. The van der Waals surface area contributed by atoms with E-state index in [0.29, 0.717) is 6.04 Å². The van der Waals surface area contributed by atoms with Crippen LogP contribution in [0.4, 0.5) is 0 Å². The molecule has 1 N–H and O–H groups in total. The van der Waals surface area contributed by atoms with Gasteiger partial charge in [-0.1, -0.05) is 0 Å². The molecule has 1 aromatic heterocycles. The number of hydrogen-bond acceptors (Lipinski definition) is 3. The van der Waals surface area contributed by atoms with E-state index in [4.69, 9.17) is 0 Å². The van der Waals surface area contributed by atoms with Gasteiger partial charge in [-0.15, -0.1) is 0 Å². The van der Waals surface area contributed by atoms with Crippen molar-refractivity contribution in [1.29, 1.82) is 0 Å². The summed E-state index contributed by atoms with van der Waals surface area (Å²) in [6, 6.07) is 0.633. The van der Waals surface area contributed by atoms with Crippen LogP contribution in [-0.4, -0.2) is 21.8 Å². The summed E-state index contributed by atoms with van der Waals surface area (Å²) in [5.41, 5.74) is 0. The molecule has 4 nitrogen and oxygen atoms in total. The van der Waals surface area contributed by atoms with E-state index >= 15 is 0 Å². The summed E-state index contributed by atoms with van der Waals surface area (Å²) in [4.78, 5) is 4.20. The van der Waals surface area contributed by atoms with E-state index in [2.05, 4.69) is 36.2 Å². The number of nitrogens with zero attached hydrogens (tertiary/aromatic N) is 3. The lowest BCUT2D eigenvalue weighted by molar-refractivity contribution is 0.467. The molecule has 0 aliphatic heterocycles. The van der Waals surface area contributed by atoms with Gasteiger partial charge in [-0.05, 0) is 27.8 Å². The monoisotopic (exact) mass is 168 g/mol. The standard InChI is InChI=1S/C8H16N4/c1-6(2)12-8(7(3)9-4)10-5-11-12/h5-7,9H,1-4H3. The summed E-state index contributed by atoms with van der Waals surface area (Å²) in [6.45, 7) is 6.27. The number of rotatable bonds is 3. The van der Waals surface area contributed by atoms with Crippen molar-refractivity contribution >= 4 is 0 Å². The Bertz CT molecular complexity index is 241. The molecule has 1 unspecified atom stereocenters. The lowest BCUT2D eigenvalue weighted by Gasteiger charge is -2.13. The van der Waals surface area contributed by atoms with Gasteiger partial charge in [-0.3, -0.25) is 0 Å². The molecule has 0 fully saturated rings. The Morgan fingerprint density at radius 3 is 2.58 bits per heavy atom. The normalized spacial score (nSPS) is 13.8. The minimum atomic E-state index is 0.259. The lowest BCUT2D eigenvalue weighted by atomic mass is 10.3. The third-order valence-corrected chi connectivity index (χ3v) is 1.91. The fraction of sp³-hybridized carbons (Fsp3) is 0.750. The van der Waals surface area contributed by atoms with Crippen LogP contribution in [0.1, 0.15) is 38.7 Å². The summed E-state index contributed by atoms with van der Waals surface area (Å²) in [5, 5.41) is 7.29. The van der Waals surface area contributed by atoms with E-state index in [1.54, 1.807) is 6.33 Å². The highest BCUT2D eigenvalue weighted by Crippen LogP contribution is 2.12. The van der Waals surface area contributed by atoms with Crippen LogP contribution in [0.3, 0.4) is 0 Å². The molecule has 1 rings (SSSR count). The van der Waals surface area contributed by atoms with Gasteiger partial charge in [-0.2, -0.15) is 5.10 Å². The summed E-state index contributed by atoms with van der Waals surface area (Å²) in [6.07, 6.45) is 1.60. The van der Waals surface area contributed by atoms with E-state index in [0.717, 1.165) is 5.82 Å². The maximum atomic E-state index is 4.20. The largest absolute Gasteiger partial charge is 0.311 e. The Balaban J connectivity index is 2.91. The lowest BCUT2D eigenvalue weighted by Crippen LogP contribution is -2.19. The summed E-state index contributed by atoms with van der Waals surface area (Å²) in [7, 11) is 1.92. The Morgan fingerprint density at radius 1 is 1.42 bits per heavy atom. The Kier molecular flexibility index (Phi) is 2.81. The summed E-state index contributed by atoms with van der Waals surface area (Å²) in [5.74, 6) is 0.993. The molecule has 0 aliphatic carbocycles. The molecule has 1 heterocycles. The number of nitrogens with one attached hydrogen (secondary N) is 1. The zero-order valence-electron chi connectivity index (χ0n) is 8.07. The highest BCUT2D eigenvalue weighted by molar-refractivity contribution is 4.92. The molecule has 68 valence electrons. The van der Waals surface area contributed by atoms with Crippen LogP contribution < -0.4 is 5.32 Å². The minimum absolute atomic E-state index is 0.259. The molecule has 1 atom stereocenters. The first kappa shape index (κ1) is 9.19. The molecule has 0 aromatic carbocycles. The molecule has 0 saturated heterocycles. The fourth-order valence-electron chi connectivity index (χ4n) is 1.10. The maximum Gasteiger partial charge on any atom is 0.143 e. The van der Waals surface area contributed by atoms with Crippen molar-refractivity contribution in [2.45, 2.75) is 32.9 Å². The number of hydrogen-bond donors (Lipinski definition) is 1. The maximum absolute atomic E-state index is 4.20. The van der Waals surface area contributed by atoms with Gasteiger partial charge in [-0.25, -0.2) is 9.67 Å². The molecule has 0 saturated carbocycles. The molecule has 0 bridgehead atoms. The molecule has 1 aromatic rings. The van der Waals surface area contributed by atoms with Crippen molar-refractivity contribution in [2.75, 3.05) is 7.05 Å². The quantitative estimate of drug-likeness (QED) is 0.736. The zero-order chi connectivity index (χ0) is 9.14. The molecule has 12 heavy (non-hydrogen) atoms. The topological polar surface area (TPSA) is 42.7 Å². The van der Waals surface area contributed by atoms with Crippen LogP contribution in [0.2, 0.25) is 0 Å². The van der Waals surface area contributed by atoms with Gasteiger partial charge in [0.15, 0.2) is 0 Å². The van der Waals surface area contributed by atoms with E-state index < -0.39 is 0 Å². The molecule has 0 amide bonds. The van der Waals surface area contributed by atoms with Crippen LogP contribution in [-0.2, 0) is 0 Å². The summed E-state index contributed by atoms with van der Waals surface area (Å²) < 4.78 is 1.93. The van der Waals surface area contributed by atoms with Crippen molar-refractivity contribution in [3.63, 3.8) is 0 Å². The Hall–Kier alpha value is -0.900. The third kappa shape index (κ3) is 1.64. The van der Waals surface area contributed by atoms with Crippen molar-refractivity contribution in [1.82, 2.24) is 20.1 Å². The second kappa shape index (κ2) is 3.67. The van der Waals surface area contributed by atoms with E-state index in [1.807, 2.05) is 11.7 Å². The second-order valence-electron chi connectivity index (χ2n) is 3.17. The Morgan fingerprint density at radius 2 is 2.08 bits per heavy atom. The van der Waals surface area contributed by atoms with Crippen LogP contribution >= 0.6 is 0 Å². The molecule has 0 radical (unpaired) electrons. The summed E-state index contributed by atoms with van der Waals surface area (Å²) >= 11 is 0. The molecule has 0 aliphatic rings. The van der Waals surface area contributed by atoms with Crippen molar-refractivity contribution in [3.05, 3.63) is 12.2 Å². The van der Waals surface area contributed by atoms with Crippen LogP contribution in [0.5, 0.6) is 0 Å². The predicted octanol–water partition coefficient (Wildman–Crippen LogP) is 1.14. The average molecular weight is 168 g/mol. The van der Waals surface area contributed by atoms with Gasteiger partial charge in [0.1, 0.15) is 12.2 Å². The van der Waals surface area contributed by atoms with E-state index in [9.17, 15) is 0 Å². The second-order valence-corrected chi connectivity index (χ2v) is 3.17. The van der Waals surface area contributed by atoms with Crippen LogP contribution in [0.25, 0.3) is 0 Å². The predicted molar refractivity (Wildman–Crippen MR) is 47.9 cm³/mol. The van der Waals surface area contributed by atoms with Crippen molar-refractivity contribution in [2.24, 2.45) is 0 Å².